The molecule has 1 saturated heterocycles. The number of benzene rings is 1. The second-order valence-corrected chi connectivity index (χ2v) is 5.93. The molecule has 0 aliphatic carbocycles. The van der Waals surface area contributed by atoms with Crippen molar-refractivity contribution in [1.29, 1.82) is 0 Å². The van der Waals surface area contributed by atoms with Crippen LogP contribution in [0.3, 0.4) is 0 Å². The Kier molecular flexibility index (Phi) is 2.95. The van der Waals surface area contributed by atoms with E-state index in [1.165, 1.54) is 0 Å². The van der Waals surface area contributed by atoms with Crippen LogP contribution < -0.4 is 10.2 Å². The van der Waals surface area contributed by atoms with Crippen LogP contribution in [0.2, 0.25) is 0 Å². The first-order valence-corrected chi connectivity index (χ1v) is 7.29. The van der Waals surface area contributed by atoms with Crippen LogP contribution >= 0.6 is 11.8 Å². The molecule has 18 heavy (non-hydrogen) atoms. The van der Waals surface area contributed by atoms with Gasteiger partial charge in [-0.25, -0.2) is 0 Å². The number of aliphatic hydroxyl groups excluding tert-OH is 1. The van der Waals surface area contributed by atoms with Gasteiger partial charge < -0.3 is 15.3 Å². The largest absolute Gasteiger partial charge is 0.378 e. The molecule has 2 atom stereocenters. The maximum absolute atomic E-state index is 11.4. The van der Waals surface area contributed by atoms with Crippen LogP contribution in [0, 0.1) is 0 Å². The van der Waals surface area contributed by atoms with Gasteiger partial charge in [-0.3, -0.25) is 4.79 Å². The fraction of sp³-hybridized carbons (Fsp3) is 0.462. The molecule has 1 aromatic carbocycles. The molecule has 1 amide bonds. The van der Waals surface area contributed by atoms with Gasteiger partial charge in [-0.2, -0.15) is 11.8 Å². The molecule has 2 unspecified atom stereocenters. The highest BCUT2D eigenvalue weighted by Gasteiger charge is 2.29. The van der Waals surface area contributed by atoms with Crippen LogP contribution in [0.25, 0.3) is 0 Å². The summed E-state index contributed by atoms with van der Waals surface area (Å²) in [6.07, 6.45) is -1.01. The van der Waals surface area contributed by atoms with E-state index in [0.29, 0.717) is 11.6 Å². The zero-order valence-corrected chi connectivity index (χ0v) is 11.0. The van der Waals surface area contributed by atoms with E-state index < -0.39 is 6.10 Å². The summed E-state index contributed by atoms with van der Waals surface area (Å²) in [7, 11) is 0. The predicted octanol–water partition coefficient (Wildman–Crippen LogP) is 1.61. The number of amides is 1. The van der Waals surface area contributed by atoms with Gasteiger partial charge in [0.25, 0.3) is 5.91 Å². The summed E-state index contributed by atoms with van der Waals surface area (Å²) >= 11 is 1.98. The maximum atomic E-state index is 11.4. The van der Waals surface area contributed by atoms with E-state index in [-0.39, 0.29) is 5.91 Å². The van der Waals surface area contributed by atoms with Crippen molar-refractivity contribution in [2.75, 3.05) is 28.3 Å². The molecule has 0 aromatic heterocycles. The average molecular weight is 264 g/mol. The molecule has 2 aliphatic heterocycles. The first-order valence-electron chi connectivity index (χ1n) is 6.14. The molecule has 96 valence electrons. The summed E-state index contributed by atoms with van der Waals surface area (Å²) in [4.78, 5) is 13.8. The fourth-order valence-electron chi connectivity index (χ4n) is 2.52. The fourth-order valence-corrected chi connectivity index (χ4v) is 3.54. The van der Waals surface area contributed by atoms with Crippen molar-refractivity contribution in [3.05, 3.63) is 23.8 Å². The summed E-state index contributed by atoms with van der Waals surface area (Å²) in [5, 5.41) is 12.4. The molecule has 2 heterocycles. The molecule has 4 nitrogen and oxygen atoms in total. The van der Waals surface area contributed by atoms with Gasteiger partial charge in [0.05, 0.1) is 0 Å². The number of thioether (sulfide) groups is 1. The van der Waals surface area contributed by atoms with E-state index in [1.54, 1.807) is 0 Å². The molecule has 3 rings (SSSR count). The highest BCUT2D eigenvalue weighted by atomic mass is 32.2. The Morgan fingerprint density at radius 3 is 3.11 bits per heavy atom. The number of hydrogen-bond donors (Lipinski definition) is 2. The van der Waals surface area contributed by atoms with Crippen LogP contribution in [0.4, 0.5) is 11.4 Å². The third-order valence-corrected chi connectivity index (χ3v) is 4.73. The van der Waals surface area contributed by atoms with Gasteiger partial charge in [0.2, 0.25) is 0 Å². The smallest absolute Gasteiger partial charge is 0.257 e. The van der Waals surface area contributed by atoms with Crippen LogP contribution in [0.1, 0.15) is 18.6 Å². The Bertz CT molecular complexity index is 492. The number of aliphatic hydroxyl groups is 1. The summed E-state index contributed by atoms with van der Waals surface area (Å²) in [6.45, 7) is 3.24. The average Bonchev–Trinajstić information content (AvgIpc) is 2.65. The van der Waals surface area contributed by atoms with Gasteiger partial charge in [-0.15, -0.1) is 0 Å². The summed E-state index contributed by atoms with van der Waals surface area (Å²) < 4.78 is 0. The van der Waals surface area contributed by atoms with Crippen molar-refractivity contribution in [2.24, 2.45) is 0 Å². The second-order valence-electron chi connectivity index (χ2n) is 4.78. The molecule has 0 spiro atoms. The standard InChI is InChI=1S/C13H16N2O2S/c1-8-7-18-5-4-15(8)9-2-3-10-11(6-9)14-13(17)12(10)16/h2-3,6,8,12,16H,4-5,7H2,1H3,(H,14,17). The Hall–Kier alpha value is -1.20. The third kappa shape index (κ3) is 1.87. The lowest BCUT2D eigenvalue weighted by atomic mass is 10.1. The lowest BCUT2D eigenvalue weighted by molar-refractivity contribution is -0.123. The minimum absolute atomic E-state index is 0.329. The van der Waals surface area contributed by atoms with Crippen molar-refractivity contribution in [2.45, 2.75) is 19.1 Å². The molecular weight excluding hydrogens is 248 g/mol. The highest BCUT2D eigenvalue weighted by molar-refractivity contribution is 7.99. The van der Waals surface area contributed by atoms with Crippen LogP contribution in [-0.2, 0) is 4.79 Å². The van der Waals surface area contributed by atoms with Crippen molar-refractivity contribution in [1.82, 2.24) is 0 Å². The Balaban J connectivity index is 1.91. The van der Waals surface area contributed by atoms with Crippen molar-refractivity contribution < 1.29 is 9.90 Å². The Labute approximate surface area is 110 Å². The zero-order valence-electron chi connectivity index (χ0n) is 10.2. The van der Waals surface area contributed by atoms with Gasteiger partial charge in [-0.05, 0) is 19.1 Å². The van der Waals surface area contributed by atoms with Gasteiger partial charge >= 0.3 is 0 Å². The lowest BCUT2D eigenvalue weighted by Gasteiger charge is -2.35. The van der Waals surface area contributed by atoms with E-state index in [9.17, 15) is 9.90 Å². The Morgan fingerprint density at radius 2 is 2.33 bits per heavy atom. The number of fused-ring (bicyclic) bond motifs is 1. The van der Waals surface area contributed by atoms with Gasteiger partial charge in [0, 0.05) is 41.0 Å². The first-order chi connectivity index (χ1) is 8.66. The first kappa shape index (κ1) is 11.9. The number of rotatable bonds is 1. The quantitative estimate of drug-likeness (QED) is 0.809. The summed E-state index contributed by atoms with van der Waals surface area (Å²) in [5.41, 5.74) is 2.55. The number of nitrogens with one attached hydrogen (secondary N) is 1. The van der Waals surface area contributed by atoms with Gasteiger partial charge in [-0.1, -0.05) is 6.07 Å². The highest BCUT2D eigenvalue weighted by Crippen LogP contribution is 2.35. The lowest BCUT2D eigenvalue weighted by Crippen LogP contribution is -2.40. The SMILES string of the molecule is CC1CSCCN1c1ccc2c(c1)NC(=O)C2O. The van der Waals surface area contributed by atoms with Gasteiger partial charge in [0.1, 0.15) is 0 Å². The second kappa shape index (κ2) is 4.48. The monoisotopic (exact) mass is 264 g/mol. The predicted molar refractivity (Wildman–Crippen MR) is 74.2 cm³/mol. The van der Waals surface area contributed by atoms with Crippen LogP contribution in [-0.4, -0.2) is 35.1 Å². The van der Waals surface area contributed by atoms with Crippen LogP contribution in [0.15, 0.2) is 18.2 Å². The summed E-state index contributed by atoms with van der Waals surface area (Å²) in [5.74, 6) is 1.94. The minimum Gasteiger partial charge on any atom is -0.378 e. The number of nitrogens with zero attached hydrogens (tertiary/aromatic N) is 1. The van der Waals surface area contributed by atoms with E-state index in [2.05, 4.69) is 17.1 Å². The van der Waals surface area contributed by atoms with Gasteiger partial charge in [0.15, 0.2) is 6.10 Å². The van der Waals surface area contributed by atoms with Crippen molar-refractivity contribution in [3.63, 3.8) is 0 Å². The zero-order chi connectivity index (χ0) is 12.7. The Morgan fingerprint density at radius 1 is 1.50 bits per heavy atom. The number of carbonyl (C=O) groups excluding carboxylic acids is 1. The minimum atomic E-state index is -1.01. The van der Waals surface area contributed by atoms with Crippen molar-refractivity contribution in [3.8, 4) is 0 Å². The number of carbonyl (C=O) groups is 1. The molecular formula is C13H16N2O2S. The molecule has 0 bridgehead atoms. The maximum Gasteiger partial charge on any atom is 0.257 e. The topological polar surface area (TPSA) is 52.6 Å². The van der Waals surface area contributed by atoms with Crippen LogP contribution in [0.5, 0.6) is 0 Å². The molecule has 5 heteroatoms. The normalized spacial score (nSPS) is 27.0. The van der Waals surface area contributed by atoms with E-state index in [4.69, 9.17) is 0 Å². The molecule has 1 fully saturated rings. The van der Waals surface area contributed by atoms with Crippen molar-refractivity contribution >= 4 is 29.0 Å². The number of hydrogen-bond acceptors (Lipinski definition) is 4. The molecule has 0 saturated carbocycles. The molecule has 2 aliphatic rings. The van der Waals surface area contributed by atoms with E-state index in [0.717, 1.165) is 29.4 Å². The van der Waals surface area contributed by atoms with E-state index >= 15 is 0 Å². The molecule has 1 aromatic rings. The summed E-state index contributed by atoms with van der Waals surface area (Å²) in [6, 6.07) is 6.32. The molecule has 2 N–H and O–H groups in total. The number of anilines is 2. The van der Waals surface area contributed by atoms with E-state index in [1.807, 2.05) is 30.0 Å². The molecule has 0 radical (unpaired) electrons. The third-order valence-electron chi connectivity index (χ3n) is 3.54.